The van der Waals surface area contributed by atoms with E-state index in [2.05, 4.69) is 16.5 Å². The summed E-state index contributed by atoms with van der Waals surface area (Å²) in [5.41, 5.74) is 0.0164. The molecule has 0 aromatic carbocycles. The Hall–Kier alpha value is -0.170. The lowest BCUT2D eigenvalue weighted by Crippen LogP contribution is -2.44. The van der Waals surface area contributed by atoms with E-state index in [0.29, 0.717) is 6.54 Å². The molecule has 1 aliphatic rings. The van der Waals surface area contributed by atoms with Gasteiger partial charge in [-0.25, -0.2) is 13.1 Å². The first kappa shape index (κ1) is 14.9. The van der Waals surface area contributed by atoms with Crippen molar-refractivity contribution in [3.05, 3.63) is 0 Å². The molecule has 1 aliphatic heterocycles. The number of rotatable bonds is 6. The fourth-order valence-electron chi connectivity index (χ4n) is 2.31. The van der Waals surface area contributed by atoms with Gasteiger partial charge in [-0.15, -0.1) is 0 Å². The molecule has 1 unspecified atom stereocenters. The summed E-state index contributed by atoms with van der Waals surface area (Å²) in [4.78, 5) is 2.31. The van der Waals surface area contributed by atoms with E-state index in [9.17, 15) is 13.5 Å². The van der Waals surface area contributed by atoms with E-state index in [-0.39, 0.29) is 12.0 Å². The molecule has 6 heteroatoms. The van der Waals surface area contributed by atoms with Crippen LogP contribution in [0.4, 0.5) is 0 Å². The first-order valence-corrected chi connectivity index (χ1v) is 8.02. The lowest BCUT2D eigenvalue weighted by atomic mass is 9.83. The Kier molecular flexibility index (Phi) is 5.37. The van der Waals surface area contributed by atoms with Gasteiger partial charge in [-0.1, -0.05) is 6.92 Å². The van der Waals surface area contributed by atoms with E-state index in [1.54, 1.807) is 0 Å². The standard InChI is InChI=1S/C11H24N2O3S/c1-11(10-14)5-3-7-13(9-11)8-4-6-12-17(2,15)16/h12,14H,3-10H2,1-2H3. The van der Waals surface area contributed by atoms with E-state index in [1.807, 2.05) is 0 Å². The highest BCUT2D eigenvalue weighted by atomic mass is 32.2. The number of piperidine rings is 1. The van der Waals surface area contributed by atoms with Crippen LogP contribution < -0.4 is 4.72 Å². The van der Waals surface area contributed by atoms with Gasteiger partial charge in [0, 0.05) is 25.1 Å². The molecule has 0 aromatic rings. The van der Waals surface area contributed by atoms with E-state index in [1.165, 1.54) is 6.26 Å². The van der Waals surface area contributed by atoms with E-state index in [4.69, 9.17) is 0 Å². The highest BCUT2D eigenvalue weighted by molar-refractivity contribution is 7.88. The Morgan fingerprint density at radius 3 is 2.76 bits per heavy atom. The van der Waals surface area contributed by atoms with Crippen LogP contribution in [0.25, 0.3) is 0 Å². The third-order valence-corrected chi connectivity index (χ3v) is 3.99. The molecule has 0 amide bonds. The average Bonchev–Trinajstić information content (AvgIpc) is 2.24. The number of hydrogen-bond donors (Lipinski definition) is 2. The highest BCUT2D eigenvalue weighted by Gasteiger charge is 2.29. The van der Waals surface area contributed by atoms with Crippen LogP contribution in [0.3, 0.4) is 0 Å². The summed E-state index contributed by atoms with van der Waals surface area (Å²) in [6.45, 7) is 5.67. The number of hydrogen-bond acceptors (Lipinski definition) is 4. The van der Waals surface area contributed by atoms with Crippen LogP contribution >= 0.6 is 0 Å². The van der Waals surface area contributed by atoms with Crippen LogP contribution in [0.5, 0.6) is 0 Å². The average molecular weight is 264 g/mol. The quantitative estimate of drug-likeness (QED) is 0.664. The number of likely N-dealkylation sites (tertiary alicyclic amines) is 1. The Balaban J connectivity index is 2.24. The van der Waals surface area contributed by atoms with E-state index < -0.39 is 10.0 Å². The SMILES string of the molecule is CC1(CO)CCCN(CCCNS(C)(=O)=O)C1. The fraction of sp³-hybridized carbons (Fsp3) is 1.00. The van der Waals surface area contributed by atoms with Gasteiger partial charge in [0.1, 0.15) is 0 Å². The van der Waals surface area contributed by atoms with E-state index >= 15 is 0 Å². The van der Waals surface area contributed by atoms with Gasteiger partial charge in [-0.05, 0) is 32.4 Å². The summed E-state index contributed by atoms with van der Waals surface area (Å²) in [6.07, 6.45) is 4.17. The number of aliphatic hydroxyl groups is 1. The molecular weight excluding hydrogens is 240 g/mol. The second kappa shape index (κ2) is 6.13. The maximum Gasteiger partial charge on any atom is 0.208 e. The third kappa shape index (κ3) is 5.81. The molecule has 0 radical (unpaired) electrons. The lowest BCUT2D eigenvalue weighted by molar-refractivity contribution is 0.0464. The zero-order valence-electron chi connectivity index (χ0n) is 10.8. The molecule has 0 bridgehead atoms. The minimum absolute atomic E-state index is 0.0164. The summed E-state index contributed by atoms with van der Waals surface area (Å²) in [5.74, 6) is 0. The lowest BCUT2D eigenvalue weighted by Gasteiger charge is -2.39. The van der Waals surface area contributed by atoms with Gasteiger partial charge in [-0.3, -0.25) is 0 Å². The molecule has 5 nitrogen and oxygen atoms in total. The van der Waals surface area contributed by atoms with Crippen LogP contribution in [0.1, 0.15) is 26.2 Å². The molecule has 1 rings (SSSR count). The molecule has 1 saturated heterocycles. The minimum atomic E-state index is -3.06. The van der Waals surface area contributed by atoms with Crippen molar-refractivity contribution >= 4 is 10.0 Å². The predicted molar refractivity (Wildman–Crippen MR) is 68.3 cm³/mol. The molecule has 0 aliphatic carbocycles. The Bertz CT molecular complexity index is 332. The van der Waals surface area contributed by atoms with Crippen LogP contribution in [-0.2, 0) is 10.0 Å². The van der Waals surface area contributed by atoms with Crippen LogP contribution in [-0.4, -0.2) is 57.5 Å². The normalized spacial score (nSPS) is 27.2. The van der Waals surface area contributed by atoms with Gasteiger partial charge in [0.2, 0.25) is 10.0 Å². The van der Waals surface area contributed by atoms with Crippen molar-refractivity contribution in [3.8, 4) is 0 Å². The molecule has 17 heavy (non-hydrogen) atoms. The van der Waals surface area contributed by atoms with Gasteiger partial charge in [0.05, 0.1) is 6.26 Å². The molecular formula is C11H24N2O3S. The predicted octanol–water partition coefficient (Wildman–Crippen LogP) is 0.0201. The molecule has 1 heterocycles. The first-order valence-electron chi connectivity index (χ1n) is 6.12. The second-order valence-electron chi connectivity index (χ2n) is 5.37. The Morgan fingerprint density at radius 1 is 1.47 bits per heavy atom. The van der Waals surface area contributed by atoms with Gasteiger partial charge >= 0.3 is 0 Å². The number of nitrogens with zero attached hydrogens (tertiary/aromatic N) is 1. The number of sulfonamides is 1. The summed E-state index contributed by atoms with van der Waals surface area (Å²) in [5, 5.41) is 9.33. The summed E-state index contributed by atoms with van der Waals surface area (Å²) < 4.78 is 24.2. The zero-order valence-corrected chi connectivity index (χ0v) is 11.6. The maximum absolute atomic E-state index is 10.9. The van der Waals surface area contributed by atoms with Gasteiger partial charge in [-0.2, -0.15) is 0 Å². The Labute approximate surface area is 104 Å². The fourth-order valence-corrected chi connectivity index (χ4v) is 2.82. The van der Waals surface area contributed by atoms with Crippen molar-refractivity contribution in [1.29, 1.82) is 0 Å². The maximum atomic E-state index is 10.9. The van der Waals surface area contributed by atoms with Crippen molar-refractivity contribution in [3.63, 3.8) is 0 Å². The topological polar surface area (TPSA) is 69.6 Å². The monoisotopic (exact) mass is 264 g/mol. The van der Waals surface area contributed by atoms with Crippen LogP contribution in [0.15, 0.2) is 0 Å². The second-order valence-corrected chi connectivity index (χ2v) is 7.20. The van der Waals surface area contributed by atoms with Crippen LogP contribution in [0, 0.1) is 5.41 Å². The number of aliphatic hydroxyl groups excluding tert-OH is 1. The molecule has 2 N–H and O–H groups in total. The first-order chi connectivity index (χ1) is 7.85. The van der Waals surface area contributed by atoms with Gasteiger partial charge < -0.3 is 10.0 Å². The van der Waals surface area contributed by atoms with Crippen molar-refractivity contribution in [2.75, 3.05) is 39.0 Å². The highest BCUT2D eigenvalue weighted by Crippen LogP contribution is 2.28. The smallest absolute Gasteiger partial charge is 0.208 e. The van der Waals surface area contributed by atoms with Crippen LogP contribution in [0.2, 0.25) is 0 Å². The largest absolute Gasteiger partial charge is 0.396 e. The summed E-state index contributed by atoms with van der Waals surface area (Å²) in [6, 6.07) is 0. The molecule has 0 saturated carbocycles. The number of nitrogens with one attached hydrogen (secondary N) is 1. The molecule has 0 spiro atoms. The van der Waals surface area contributed by atoms with Crippen molar-refractivity contribution in [2.45, 2.75) is 26.2 Å². The molecule has 1 atom stereocenters. The molecule has 1 fully saturated rings. The molecule has 0 aromatic heterocycles. The van der Waals surface area contributed by atoms with Gasteiger partial charge in [0.25, 0.3) is 0 Å². The Morgan fingerprint density at radius 2 is 2.18 bits per heavy atom. The van der Waals surface area contributed by atoms with Crippen molar-refractivity contribution < 1.29 is 13.5 Å². The zero-order chi connectivity index (χ0) is 12.9. The third-order valence-electron chi connectivity index (χ3n) is 3.26. The minimum Gasteiger partial charge on any atom is -0.396 e. The van der Waals surface area contributed by atoms with Crippen molar-refractivity contribution in [2.24, 2.45) is 5.41 Å². The van der Waals surface area contributed by atoms with E-state index in [0.717, 1.165) is 38.9 Å². The van der Waals surface area contributed by atoms with Crippen molar-refractivity contribution in [1.82, 2.24) is 9.62 Å². The summed E-state index contributed by atoms with van der Waals surface area (Å²) >= 11 is 0. The molecule has 102 valence electrons. The summed E-state index contributed by atoms with van der Waals surface area (Å²) in [7, 11) is -3.06. The van der Waals surface area contributed by atoms with Gasteiger partial charge in [0.15, 0.2) is 0 Å².